The van der Waals surface area contributed by atoms with Gasteiger partial charge >= 0.3 is 0 Å². The van der Waals surface area contributed by atoms with Crippen LogP contribution in [0.15, 0.2) is 28.8 Å². The van der Waals surface area contributed by atoms with Crippen molar-refractivity contribution >= 4 is 11.5 Å². The van der Waals surface area contributed by atoms with E-state index in [1.54, 1.807) is 6.20 Å². The van der Waals surface area contributed by atoms with Crippen LogP contribution < -0.4 is 11.1 Å². The molecule has 3 N–H and O–H groups in total. The molecule has 0 radical (unpaired) electrons. The van der Waals surface area contributed by atoms with E-state index in [-0.39, 0.29) is 6.04 Å². The van der Waals surface area contributed by atoms with E-state index in [9.17, 15) is 0 Å². The molecule has 4 heteroatoms. The Bertz CT molecular complexity index is 502. The minimum absolute atomic E-state index is 0.156. The molecule has 90 valence electrons. The number of anilines is 2. The number of nitrogens with two attached hydrogens (primary N) is 1. The summed E-state index contributed by atoms with van der Waals surface area (Å²) in [5.74, 6) is 2.68. The Morgan fingerprint density at radius 1 is 1.35 bits per heavy atom. The molecule has 0 aliphatic heterocycles. The molecule has 0 amide bonds. The van der Waals surface area contributed by atoms with Gasteiger partial charge in [0.05, 0.1) is 17.9 Å². The molecule has 17 heavy (non-hydrogen) atoms. The minimum Gasteiger partial charge on any atom is -0.466 e. The van der Waals surface area contributed by atoms with Crippen molar-refractivity contribution in [2.24, 2.45) is 0 Å². The second kappa shape index (κ2) is 4.49. The van der Waals surface area contributed by atoms with Crippen LogP contribution in [0.5, 0.6) is 0 Å². The molecule has 1 atom stereocenters. The van der Waals surface area contributed by atoms with Gasteiger partial charge in [0.2, 0.25) is 0 Å². The van der Waals surface area contributed by atoms with Crippen molar-refractivity contribution in [1.29, 1.82) is 0 Å². The van der Waals surface area contributed by atoms with E-state index in [2.05, 4.69) is 17.2 Å². The van der Waals surface area contributed by atoms with Crippen LogP contribution in [0.1, 0.15) is 30.0 Å². The molecule has 2 heterocycles. The molecular formula is C13H17N3O. The van der Waals surface area contributed by atoms with Crippen LogP contribution in [0, 0.1) is 13.8 Å². The average molecular weight is 231 g/mol. The number of nitrogens with one attached hydrogen (secondary N) is 1. The first-order valence-corrected chi connectivity index (χ1v) is 5.61. The number of aromatic nitrogens is 1. The van der Waals surface area contributed by atoms with Gasteiger partial charge in [-0.25, -0.2) is 4.98 Å². The summed E-state index contributed by atoms with van der Waals surface area (Å²) >= 11 is 0. The Balaban J connectivity index is 2.14. The Kier molecular flexibility index (Phi) is 3.04. The van der Waals surface area contributed by atoms with Gasteiger partial charge in [-0.3, -0.25) is 0 Å². The third-order valence-electron chi connectivity index (χ3n) is 2.70. The van der Waals surface area contributed by atoms with Crippen LogP contribution in [-0.4, -0.2) is 4.98 Å². The highest BCUT2D eigenvalue weighted by molar-refractivity contribution is 5.45. The monoisotopic (exact) mass is 231 g/mol. The smallest absolute Gasteiger partial charge is 0.126 e. The van der Waals surface area contributed by atoms with Crippen LogP contribution in [0.25, 0.3) is 0 Å². The summed E-state index contributed by atoms with van der Waals surface area (Å²) in [7, 11) is 0. The first kappa shape index (κ1) is 11.5. The normalized spacial score (nSPS) is 12.4. The summed E-state index contributed by atoms with van der Waals surface area (Å²) < 4.78 is 5.51. The third-order valence-corrected chi connectivity index (χ3v) is 2.70. The number of hydrogen-bond acceptors (Lipinski definition) is 4. The molecule has 0 spiro atoms. The van der Waals surface area contributed by atoms with Crippen molar-refractivity contribution in [2.75, 3.05) is 11.1 Å². The molecule has 2 rings (SSSR count). The fourth-order valence-corrected chi connectivity index (χ4v) is 1.87. The van der Waals surface area contributed by atoms with Crippen LogP contribution in [0.4, 0.5) is 11.5 Å². The summed E-state index contributed by atoms with van der Waals surface area (Å²) in [5.41, 5.74) is 7.41. The maximum absolute atomic E-state index is 5.59. The van der Waals surface area contributed by atoms with E-state index in [0.717, 1.165) is 22.9 Å². The van der Waals surface area contributed by atoms with Gasteiger partial charge in [0.25, 0.3) is 0 Å². The Morgan fingerprint density at radius 3 is 2.65 bits per heavy atom. The lowest BCUT2D eigenvalue weighted by Gasteiger charge is -2.13. The van der Waals surface area contributed by atoms with E-state index < -0.39 is 0 Å². The van der Waals surface area contributed by atoms with Gasteiger partial charge < -0.3 is 15.5 Å². The highest BCUT2D eigenvalue weighted by Gasteiger charge is 2.12. The quantitative estimate of drug-likeness (QED) is 0.852. The van der Waals surface area contributed by atoms with Crippen LogP contribution >= 0.6 is 0 Å². The van der Waals surface area contributed by atoms with Gasteiger partial charge in [-0.15, -0.1) is 0 Å². The average Bonchev–Trinajstić information content (AvgIpc) is 2.61. The summed E-state index contributed by atoms with van der Waals surface area (Å²) in [6.45, 7) is 6.00. The zero-order chi connectivity index (χ0) is 12.4. The molecule has 0 aliphatic rings. The van der Waals surface area contributed by atoms with Gasteiger partial charge in [-0.05, 0) is 39.0 Å². The third kappa shape index (κ3) is 2.58. The summed E-state index contributed by atoms with van der Waals surface area (Å²) in [6, 6.07) is 5.90. The van der Waals surface area contributed by atoms with Crippen molar-refractivity contribution < 1.29 is 4.42 Å². The molecule has 0 fully saturated rings. The minimum atomic E-state index is 0.156. The van der Waals surface area contributed by atoms with Gasteiger partial charge in [0.15, 0.2) is 0 Å². The van der Waals surface area contributed by atoms with Gasteiger partial charge in [0.1, 0.15) is 17.3 Å². The molecule has 1 unspecified atom stereocenters. The van der Waals surface area contributed by atoms with Crippen molar-refractivity contribution in [3.8, 4) is 0 Å². The van der Waals surface area contributed by atoms with Crippen LogP contribution in [-0.2, 0) is 0 Å². The number of nitrogen functional groups attached to an aromatic ring is 1. The molecular weight excluding hydrogens is 214 g/mol. The van der Waals surface area contributed by atoms with E-state index in [1.807, 2.05) is 32.0 Å². The molecule has 0 saturated carbocycles. The maximum atomic E-state index is 5.59. The number of furan rings is 1. The summed E-state index contributed by atoms with van der Waals surface area (Å²) in [6.07, 6.45) is 1.64. The van der Waals surface area contributed by atoms with E-state index in [1.165, 1.54) is 0 Å². The lowest BCUT2D eigenvalue weighted by Crippen LogP contribution is -2.08. The van der Waals surface area contributed by atoms with Crippen molar-refractivity contribution in [3.63, 3.8) is 0 Å². The zero-order valence-electron chi connectivity index (χ0n) is 10.3. The molecule has 4 nitrogen and oxygen atoms in total. The van der Waals surface area contributed by atoms with E-state index in [4.69, 9.17) is 10.2 Å². The van der Waals surface area contributed by atoms with Gasteiger partial charge in [-0.1, -0.05) is 0 Å². The van der Waals surface area contributed by atoms with Crippen molar-refractivity contribution in [1.82, 2.24) is 4.98 Å². The number of hydrogen-bond donors (Lipinski definition) is 2. The lowest BCUT2D eigenvalue weighted by molar-refractivity contribution is 0.500. The predicted molar refractivity (Wildman–Crippen MR) is 68.9 cm³/mol. The fraction of sp³-hybridized carbons (Fsp3) is 0.308. The summed E-state index contributed by atoms with van der Waals surface area (Å²) in [4.78, 5) is 4.21. The lowest BCUT2D eigenvalue weighted by atomic mass is 10.1. The Labute approximate surface area is 101 Å². The molecule has 0 bridgehead atoms. The van der Waals surface area contributed by atoms with Gasteiger partial charge in [0, 0.05) is 5.56 Å². The number of rotatable bonds is 3. The summed E-state index contributed by atoms with van der Waals surface area (Å²) in [5, 5.41) is 3.31. The van der Waals surface area contributed by atoms with Crippen LogP contribution in [0.3, 0.4) is 0 Å². The first-order valence-electron chi connectivity index (χ1n) is 5.61. The molecule has 2 aromatic rings. The second-order valence-electron chi connectivity index (χ2n) is 4.21. The zero-order valence-corrected chi connectivity index (χ0v) is 10.3. The van der Waals surface area contributed by atoms with Crippen molar-refractivity contribution in [2.45, 2.75) is 26.8 Å². The van der Waals surface area contributed by atoms with Crippen molar-refractivity contribution in [3.05, 3.63) is 41.5 Å². The largest absolute Gasteiger partial charge is 0.466 e. The molecule has 2 aromatic heterocycles. The van der Waals surface area contributed by atoms with Crippen LogP contribution in [0.2, 0.25) is 0 Å². The molecule has 0 aromatic carbocycles. The molecule has 0 aliphatic carbocycles. The fourth-order valence-electron chi connectivity index (χ4n) is 1.87. The van der Waals surface area contributed by atoms with E-state index in [0.29, 0.717) is 5.69 Å². The molecule has 0 saturated heterocycles. The number of pyridine rings is 1. The second-order valence-corrected chi connectivity index (χ2v) is 4.21. The highest BCUT2D eigenvalue weighted by Crippen LogP contribution is 2.24. The van der Waals surface area contributed by atoms with E-state index >= 15 is 0 Å². The topological polar surface area (TPSA) is 64.1 Å². The maximum Gasteiger partial charge on any atom is 0.126 e. The Morgan fingerprint density at radius 2 is 2.12 bits per heavy atom. The predicted octanol–water partition coefficient (Wildman–Crippen LogP) is 3.05. The standard InChI is InChI=1S/C13H17N3O/c1-8-6-12(10(3)17-8)9(2)16-13-5-4-11(14)7-15-13/h4-7,9H,14H2,1-3H3,(H,15,16). The number of aryl methyl sites for hydroxylation is 2. The van der Waals surface area contributed by atoms with Gasteiger partial charge in [-0.2, -0.15) is 0 Å². The first-order chi connectivity index (χ1) is 8.06. The SMILES string of the molecule is Cc1cc(C(C)Nc2ccc(N)cn2)c(C)o1. The Hall–Kier alpha value is -1.97. The number of nitrogens with zero attached hydrogens (tertiary/aromatic N) is 1. The highest BCUT2D eigenvalue weighted by atomic mass is 16.3.